The average molecular weight is 293 g/mol. The standard InChI is InChI=1S/C14H10Cl2N2O/c15-12-3-2-11(6-13(12)16)19-14-4-1-9(7-17)5-10(14)8-18/h1-6H,7,17H2. The number of ether oxygens (including phenoxy) is 1. The lowest BCUT2D eigenvalue weighted by Crippen LogP contribution is -1.97. The number of nitrogens with zero attached hydrogens (tertiary/aromatic N) is 1. The first-order valence-corrected chi connectivity index (χ1v) is 6.25. The van der Waals surface area contributed by atoms with Crippen LogP contribution in [0.2, 0.25) is 10.0 Å². The molecule has 2 aromatic carbocycles. The fourth-order valence-electron chi connectivity index (χ4n) is 1.55. The number of halogens is 2. The minimum atomic E-state index is 0.377. The van der Waals surface area contributed by atoms with Crippen LogP contribution in [0.1, 0.15) is 11.1 Å². The fraction of sp³-hybridized carbons (Fsp3) is 0.0714. The Kier molecular flexibility index (Phi) is 4.28. The van der Waals surface area contributed by atoms with E-state index < -0.39 is 0 Å². The second kappa shape index (κ2) is 5.94. The van der Waals surface area contributed by atoms with E-state index in [2.05, 4.69) is 6.07 Å². The van der Waals surface area contributed by atoms with Crippen molar-refractivity contribution in [2.45, 2.75) is 6.54 Å². The topological polar surface area (TPSA) is 59.0 Å². The Bertz CT molecular complexity index is 650. The summed E-state index contributed by atoms with van der Waals surface area (Å²) >= 11 is 11.7. The highest BCUT2D eigenvalue weighted by molar-refractivity contribution is 6.42. The Hall–Kier alpha value is -1.73. The number of rotatable bonds is 3. The third-order valence-electron chi connectivity index (χ3n) is 2.52. The minimum absolute atomic E-state index is 0.377. The second-order valence-electron chi connectivity index (χ2n) is 3.82. The largest absolute Gasteiger partial charge is 0.456 e. The van der Waals surface area contributed by atoms with Gasteiger partial charge in [-0.1, -0.05) is 29.3 Å². The second-order valence-corrected chi connectivity index (χ2v) is 4.64. The molecule has 0 radical (unpaired) electrons. The Morgan fingerprint density at radius 3 is 2.53 bits per heavy atom. The summed E-state index contributed by atoms with van der Waals surface area (Å²) in [5, 5.41) is 9.95. The first-order valence-electron chi connectivity index (χ1n) is 5.50. The zero-order valence-corrected chi connectivity index (χ0v) is 11.4. The molecule has 0 saturated heterocycles. The Morgan fingerprint density at radius 2 is 1.89 bits per heavy atom. The summed E-state index contributed by atoms with van der Waals surface area (Å²) < 4.78 is 5.63. The van der Waals surface area contributed by atoms with E-state index in [0.717, 1.165) is 5.56 Å². The third kappa shape index (κ3) is 3.18. The summed E-state index contributed by atoms with van der Waals surface area (Å²) in [5.74, 6) is 0.976. The van der Waals surface area contributed by atoms with Crippen molar-refractivity contribution in [3.8, 4) is 17.6 Å². The summed E-state index contributed by atoms with van der Waals surface area (Å²) in [5.41, 5.74) is 6.83. The van der Waals surface area contributed by atoms with Gasteiger partial charge in [-0.15, -0.1) is 0 Å². The molecule has 0 aliphatic rings. The molecular formula is C14H10Cl2N2O. The molecule has 0 amide bonds. The van der Waals surface area contributed by atoms with Gasteiger partial charge in [-0.2, -0.15) is 5.26 Å². The molecule has 0 spiro atoms. The van der Waals surface area contributed by atoms with Gasteiger partial charge < -0.3 is 10.5 Å². The van der Waals surface area contributed by atoms with Gasteiger partial charge in [0.1, 0.15) is 17.6 Å². The van der Waals surface area contributed by atoms with E-state index in [0.29, 0.717) is 33.7 Å². The van der Waals surface area contributed by atoms with Gasteiger partial charge in [0.05, 0.1) is 15.6 Å². The van der Waals surface area contributed by atoms with Crippen LogP contribution in [0.3, 0.4) is 0 Å². The van der Waals surface area contributed by atoms with Crippen LogP contribution in [0.25, 0.3) is 0 Å². The van der Waals surface area contributed by atoms with Crippen molar-refractivity contribution in [2.75, 3.05) is 0 Å². The molecule has 0 unspecified atom stereocenters. The summed E-state index contributed by atoms with van der Waals surface area (Å²) in [6, 6.07) is 12.2. The molecule has 96 valence electrons. The van der Waals surface area contributed by atoms with Crippen molar-refractivity contribution in [3.05, 3.63) is 57.6 Å². The predicted molar refractivity (Wildman–Crippen MR) is 75.6 cm³/mol. The molecule has 3 nitrogen and oxygen atoms in total. The number of hydrogen-bond acceptors (Lipinski definition) is 3. The Balaban J connectivity index is 2.33. The molecule has 0 atom stereocenters. The summed E-state index contributed by atoms with van der Waals surface area (Å²) in [7, 11) is 0. The number of nitrogens with two attached hydrogens (primary N) is 1. The van der Waals surface area contributed by atoms with Gasteiger partial charge >= 0.3 is 0 Å². The first-order chi connectivity index (χ1) is 9.13. The van der Waals surface area contributed by atoms with E-state index >= 15 is 0 Å². The van der Waals surface area contributed by atoms with Gasteiger partial charge in [0.25, 0.3) is 0 Å². The molecule has 0 aliphatic carbocycles. The van der Waals surface area contributed by atoms with Crippen molar-refractivity contribution in [1.82, 2.24) is 0 Å². The van der Waals surface area contributed by atoms with Crippen molar-refractivity contribution >= 4 is 23.2 Å². The number of hydrogen-bond donors (Lipinski definition) is 1. The first kappa shape index (κ1) is 13.7. The maximum Gasteiger partial charge on any atom is 0.145 e. The maximum absolute atomic E-state index is 9.10. The SMILES string of the molecule is N#Cc1cc(CN)ccc1Oc1ccc(Cl)c(Cl)c1. The molecule has 0 saturated carbocycles. The van der Waals surface area contributed by atoms with Gasteiger partial charge in [0.2, 0.25) is 0 Å². The van der Waals surface area contributed by atoms with Crippen LogP contribution in [0.5, 0.6) is 11.5 Å². The van der Waals surface area contributed by atoms with Crippen LogP contribution >= 0.6 is 23.2 Å². The highest BCUT2D eigenvalue weighted by Gasteiger charge is 2.07. The fourth-order valence-corrected chi connectivity index (χ4v) is 1.84. The molecule has 19 heavy (non-hydrogen) atoms. The smallest absolute Gasteiger partial charge is 0.145 e. The molecule has 2 rings (SSSR count). The van der Waals surface area contributed by atoms with Crippen LogP contribution in [0.15, 0.2) is 36.4 Å². The molecule has 0 aliphatic heterocycles. The highest BCUT2D eigenvalue weighted by Crippen LogP contribution is 2.31. The molecule has 0 heterocycles. The van der Waals surface area contributed by atoms with E-state index in [1.54, 1.807) is 30.3 Å². The van der Waals surface area contributed by atoms with Crippen LogP contribution in [0, 0.1) is 11.3 Å². The molecular weight excluding hydrogens is 283 g/mol. The van der Waals surface area contributed by atoms with E-state index in [9.17, 15) is 0 Å². The van der Waals surface area contributed by atoms with Crippen LogP contribution in [-0.4, -0.2) is 0 Å². The molecule has 5 heteroatoms. The maximum atomic E-state index is 9.10. The van der Waals surface area contributed by atoms with Crippen molar-refractivity contribution in [1.29, 1.82) is 5.26 Å². The summed E-state index contributed by atoms with van der Waals surface area (Å²) in [6.45, 7) is 0.377. The molecule has 2 aromatic rings. The van der Waals surface area contributed by atoms with E-state index in [4.69, 9.17) is 38.9 Å². The molecule has 0 aromatic heterocycles. The lowest BCUT2D eigenvalue weighted by atomic mass is 10.1. The predicted octanol–water partition coefficient (Wildman–Crippen LogP) is 4.12. The van der Waals surface area contributed by atoms with Crippen LogP contribution < -0.4 is 10.5 Å². The highest BCUT2D eigenvalue weighted by atomic mass is 35.5. The average Bonchev–Trinajstić information content (AvgIpc) is 2.43. The zero-order chi connectivity index (χ0) is 13.8. The van der Waals surface area contributed by atoms with E-state index in [1.165, 1.54) is 0 Å². The number of nitriles is 1. The van der Waals surface area contributed by atoms with Crippen LogP contribution in [-0.2, 0) is 6.54 Å². The zero-order valence-electron chi connectivity index (χ0n) is 9.86. The van der Waals surface area contributed by atoms with Crippen LogP contribution in [0.4, 0.5) is 0 Å². The summed E-state index contributed by atoms with van der Waals surface area (Å²) in [4.78, 5) is 0. The number of benzene rings is 2. The molecule has 0 fully saturated rings. The summed E-state index contributed by atoms with van der Waals surface area (Å²) in [6.07, 6.45) is 0. The van der Waals surface area contributed by atoms with Crippen molar-refractivity contribution < 1.29 is 4.74 Å². The van der Waals surface area contributed by atoms with Gasteiger partial charge in [0.15, 0.2) is 0 Å². The quantitative estimate of drug-likeness (QED) is 0.926. The van der Waals surface area contributed by atoms with Gasteiger partial charge in [-0.25, -0.2) is 0 Å². The van der Waals surface area contributed by atoms with Gasteiger partial charge in [0, 0.05) is 12.6 Å². The molecule has 2 N–H and O–H groups in total. The monoisotopic (exact) mass is 292 g/mol. The molecule has 0 bridgehead atoms. The normalized spacial score (nSPS) is 10.0. The lowest BCUT2D eigenvalue weighted by Gasteiger charge is -2.09. The van der Waals surface area contributed by atoms with Crippen molar-refractivity contribution in [2.24, 2.45) is 5.73 Å². The Morgan fingerprint density at radius 1 is 1.11 bits per heavy atom. The minimum Gasteiger partial charge on any atom is -0.456 e. The van der Waals surface area contributed by atoms with E-state index in [1.807, 2.05) is 6.07 Å². The third-order valence-corrected chi connectivity index (χ3v) is 3.26. The van der Waals surface area contributed by atoms with Crippen molar-refractivity contribution in [3.63, 3.8) is 0 Å². The van der Waals surface area contributed by atoms with Gasteiger partial charge in [-0.3, -0.25) is 0 Å². The van der Waals surface area contributed by atoms with E-state index in [-0.39, 0.29) is 0 Å². The van der Waals surface area contributed by atoms with Gasteiger partial charge in [-0.05, 0) is 29.8 Å². The lowest BCUT2D eigenvalue weighted by molar-refractivity contribution is 0.481. The Labute approximate surface area is 121 Å².